The quantitative estimate of drug-likeness (QED) is 0.666. The summed E-state index contributed by atoms with van der Waals surface area (Å²) in [6.45, 7) is 5.70. The summed E-state index contributed by atoms with van der Waals surface area (Å²) >= 11 is 0. The van der Waals surface area contributed by atoms with Crippen molar-refractivity contribution < 1.29 is 8.42 Å². The molecule has 0 atom stereocenters. The van der Waals surface area contributed by atoms with Crippen LogP contribution in [0.1, 0.15) is 11.1 Å². The van der Waals surface area contributed by atoms with E-state index in [0.29, 0.717) is 36.9 Å². The van der Waals surface area contributed by atoms with Crippen LogP contribution < -0.4 is 4.90 Å². The molecule has 0 aliphatic carbocycles. The zero-order valence-corrected chi connectivity index (χ0v) is 16.7. The fraction of sp³-hybridized carbons (Fsp3) is 0.316. The van der Waals surface area contributed by atoms with Crippen LogP contribution in [0.25, 0.3) is 5.82 Å². The lowest BCUT2D eigenvalue weighted by atomic mass is 10.2. The molecule has 1 saturated heterocycles. The Balaban J connectivity index is 1.51. The van der Waals surface area contributed by atoms with E-state index in [1.165, 1.54) is 6.33 Å². The average Bonchev–Trinajstić information content (AvgIpc) is 3.25. The maximum atomic E-state index is 13.1. The predicted octanol–water partition coefficient (Wildman–Crippen LogP) is 1.79. The van der Waals surface area contributed by atoms with Gasteiger partial charge in [-0.05, 0) is 37.1 Å². The molecule has 146 valence electrons. The minimum atomic E-state index is -3.50. The van der Waals surface area contributed by atoms with Crippen LogP contribution in [0.4, 0.5) is 5.82 Å². The predicted molar refractivity (Wildman–Crippen MR) is 106 cm³/mol. The molecule has 2 aromatic heterocycles. The second kappa shape index (κ2) is 7.33. The number of aromatic nitrogens is 4. The third-order valence-electron chi connectivity index (χ3n) is 4.90. The highest BCUT2D eigenvalue weighted by Crippen LogP contribution is 2.24. The van der Waals surface area contributed by atoms with Crippen LogP contribution in [-0.4, -0.2) is 58.7 Å². The zero-order chi connectivity index (χ0) is 19.7. The second-order valence-electron chi connectivity index (χ2n) is 6.85. The molecule has 1 fully saturated rings. The molecule has 9 heteroatoms. The van der Waals surface area contributed by atoms with Crippen molar-refractivity contribution in [3.63, 3.8) is 0 Å². The fourth-order valence-electron chi connectivity index (χ4n) is 3.32. The number of anilines is 1. The van der Waals surface area contributed by atoms with Gasteiger partial charge in [-0.2, -0.15) is 9.40 Å². The van der Waals surface area contributed by atoms with Gasteiger partial charge in [0, 0.05) is 44.6 Å². The molecule has 0 radical (unpaired) electrons. The molecule has 1 aliphatic heterocycles. The lowest BCUT2D eigenvalue weighted by Gasteiger charge is -2.35. The fourth-order valence-corrected chi connectivity index (χ4v) is 5.05. The Morgan fingerprint density at radius 1 is 0.964 bits per heavy atom. The Hall–Kier alpha value is -2.78. The molecule has 28 heavy (non-hydrogen) atoms. The van der Waals surface area contributed by atoms with Crippen molar-refractivity contribution >= 4 is 15.8 Å². The van der Waals surface area contributed by atoms with Crippen LogP contribution >= 0.6 is 0 Å². The van der Waals surface area contributed by atoms with Gasteiger partial charge >= 0.3 is 0 Å². The monoisotopic (exact) mass is 398 g/mol. The maximum Gasteiger partial charge on any atom is 0.243 e. The molecule has 3 heterocycles. The van der Waals surface area contributed by atoms with E-state index in [4.69, 9.17) is 0 Å². The number of benzene rings is 1. The van der Waals surface area contributed by atoms with E-state index in [9.17, 15) is 8.42 Å². The molecule has 1 aromatic carbocycles. The molecular weight excluding hydrogens is 376 g/mol. The highest BCUT2D eigenvalue weighted by molar-refractivity contribution is 7.89. The van der Waals surface area contributed by atoms with Crippen LogP contribution in [0.5, 0.6) is 0 Å². The molecular formula is C19H22N6O2S. The summed E-state index contributed by atoms with van der Waals surface area (Å²) in [4.78, 5) is 11.1. The van der Waals surface area contributed by atoms with E-state index >= 15 is 0 Å². The number of rotatable bonds is 4. The standard InChI is InChI=1S/C19H22N6O2S/c1-15-4-5-16(2)17(12-15)28(26,27)24-10-8-23(9-11-24)18-13-19(21-14-20-18)25-7-3-6-22-25/h3-7,12-14H,8-11H2,1-2H3. The van der Waals surface area contributed by atoms with Gasteiger partial charge in [-0.15, -0.1) is 0 Å². The van der Waals surface area contributed by atoms with E-state index < -0.39 is 10.0 Å². The summed E-state index contributed by atoms with van der Waals surface area (Å²) in [6.07, 6.45) is 5.02. The van der Waals surface area contributed by atoms with Gasteiger partial charge in [-0.25, -0.2) is 23.1 Å². The van der Waals surface area contributed by atoms with Gasteiger partial charge in [0.2, 0.25) is 10.0 Å². The summed E-state index contributed by atoms with van der Waals surface area (Å²) < 4.78 is 29.4. The van der Waals surface area contributed by atoms with Gasteiger partial charge in [-0.3, -0.25) is 0 Å². The van der Waals surface area contributed by atoms with Gasteiger partial charge in [-0.1, -0.05) is 12.1 Å². The molecule has 0 saturated carbocycles. The SMILES string of the molecule is Cc1ccc(C)c(S(=O)(=O)N2CCN(c3cc(-n4cccn4)ncn3)CC2)c1. The number of aryl methyl sites for hydroxylation is 2. The molecule has 0 spiro atoms. The number of nitrogens with zero attached hydrogens (tertiary/aromatic N) is 6. The summed E-state index contributed by atoms with van der Waals surface area (Å²) in [5, 5.41) is 4.19. The third kappa shape index (κ3) is 3.50. The number of hydrogen-bond acceptors (Lipinski definition) is 6. The molecule has 4 rings (SSSR count). The van der Waals surface area contributed by atoms with E-state index in [-0.39, 0.29) is 0 Å². The lowest BCUT2D eigenvalue weighted by molar-refractivity contribution is 0.383. The topological polar surface area (TPSA) is 84.2 Å². The maximum absolute atomic E-state index is 13.1. The van der Waals surface area contributed by atoms with Crippen molar-refractivity contribution in [2.24, 2.45) is 0 Å². The van der Waals surface area contributed by atoms with E-state index in [2.05, 4.69) is 20.0 Å². The van der Waals surface area contributed by atoms with Crippen molar-refractivity contribution in [1.29, 1.82) is 0 Å². The van der Waals surface area contributed by atoms with Crippen LogP contribution in [0.3, 0.4) is 0 Å². The summed E-state index contributed by atoms with van der Waals surface area (Å²) in [5.41, 5.74) is 1.71. The van der Waals surface area contributed by atoms with Crippen molar-refractivity contribution in [1.82, 2.24) is 24.1 Å². The Kier molecular flexibility index (Phi) is 4.86. The summed E-state index contributed by atoms with van der Waals surface area (Å²) in [5.74, 6) is 1.45. The Morgan fingerprint density at radius 3 is 2.43 bits per heavy atom. The number of hydrogen-bond donors (Lipinski definition) is 0. The van der Waals surface area contributed by atoms with Gasteiger partial charge < -0.3 is 4.90 Å². The van der Waals surface area contributed by atoms with Crippen molar-refractivity contribution in [3.05, 3.63) is 60.2 Å². The molecule has 0 unspecified atom stereocenters. The highest BCUT2D eigenvalue weighted by Gasteiger charge is 2.30. The number of sulfonamides is 1. The lowest BCUT2D eigenvalue weighted by Crippen LogP contribution is -2.49. The van der Waals surface area contributed by atoms with Crippen LogP contribution in [0.2, 0.25) is 0 Å². The van der Waals surface area contributed by atoms with E-state index in [0.717, 1.165) is 16.9 Å². The molecule has 3 aromatic rings. The van der Waals surface area contributed by atoms with Gasteiger partial charge in [0.05, 0.1) is 4.90 Å². The number of piperazine rings is 1. The van der Waals surface area contributed by atoms with Gasteiger partial charge in [0.25, 0.3) is 0 Å². The second-order valence-corrected chi connectivity index (χ2v) is 8.75. The molecule has 8 nitrogen and oxygen atoms in total. The molecule has 1 aliphatic rings. The molecule has 0 N–H and O–H groups in total. The zero-order valence-electron chi connectivity index (χ0n) is 15.9. The van der Waals surface area contributed by atoms with Gasteiger partial charge in [0.15, 0.2) is 5.82 Å². The first kappa shape index (κ1) is 18.6. The first-order valence-electron chi connectivity index (χ1n) is 9.09. The van der Waals surface area contributed by atoms with Crippen molar-refractivity contribution in [2.75, 3.05) is 31.1 Å². The van der Waals surface area contributed by atoms with Crippen LogP contribution in [-0.2, 0) is 10.0 Å². The largest absolute Gasteiger partial charge is 0.354 e. The minimum Gasteiger partial charge on any atom is -0.354 e. The average molecular weight is 398 g/mol. The molecule has 0 bridgehead atoms. The smallest absolute Gasteiger partial charge is 0.243 e. The van der Waals surface area contributed by atoms with Crippen molar-refractivity contribution in [3.8, 4) is 5.82 Å². The Morgan fingerprint density at radius 2 is 1.71 bits per heavy atom. The molecule has 0 amide bonds. The van der Waals surface area contributed by atoms with Crippen LogP contribution in [0.15, 0.2) is 53.9 Å². The van der Waals surface area contributed by atoms with E-state index in [1.54, 1.807) is 21.3 Å². The first-order chi connectivity index (χ1) is 13.4. The normalized spacial score (nSPS) is 15.7. The van der Waals surface area contributed by atoms with Gasteiger partial charge in [0.1, 0.15) is 12.1 Å². The van der Waals surface area contributed by atoms with Crippen molar-refractivity contribution in [2.45, 2.75) is 18.7 Å². The minimum absolute atomic E-state index is 0.393. The van der Waals surface area contributed by atoms with E-state index in [1.807, 2.05) is 44.3 Å². The summed E-state index contributed by atoms with van der Waals surface area (Å²) in [6, 6.07) is 9.23. The summed E-state index contributed by atoms with van der Waals surface area (Å²) in [7, 11) is -3.50. The Labute approximate surface area is 164 Å². The third-order valence-corrected chi connectivity index (χ3v) is 6.94. The highest BCUT2D eigenvalue weighted by atomic mass is 32.2. The van der Waals surface area contributed by atoms with Crippen LogP contribution in [0, 0.1) is 13.8 Å². The Bertz CT molecular complexity index is 1070. The first-order valence-corrected chi connectivity index (χ1v) is 10.5.